The summed E-state index contributed by atoms with van der Waals surface area (Å²) in [5, 5.41) is 2.77. The van der Waals surface area contributed by atoms with Crippen molar-refractivity contribution in [1.82, 2.24) is 0 Å². The van der Waals surface area contributed by atoms with Gasteiger partial charge in [0.25, 0.3) is 0 Å². The van der Waals surface area contributed by atoms with Crippen LogP contribution in [-0.2, 0) is 33.3 Å². The van der Waals surface area contributed by atoms with Crippen molar-refractivity contribution in [3.05, 3.63) is 4.91 Å². The molecule has 0 aromatic carbocycles. The molecule has 0 aromatic rings. The maximum absolute atomic E-state index is 11.2. The molecule has 1 aliphatic rings. The van der Waals surface area contributed by atoms with Crippen LogP contribution in [0.15, 0.2) is 5.18 Å². The molecule has 0 radical (unpaired) electrons. The van der Waals surface area contributed by atoms with E-state index in [1.807, 2.05) is 0 Å². The maximum atomic E-state index is 11.2. The quantitative estimate of drug-likeness (QED) is 0.308. The zero-order valence-corrected chi connectivity index (χ0v) is 12.9. The van der Waals surface area contributed by atoms with Crippen LogP contribution in [0.5, 0.6) is 0 Å². The molecule has 0 aromatic heterocycles. The molecule has 1 fully saturated rings. The van der Waals surface area contributed by atoms with E-state index in [1.54, 1.807) is 0 Å². The number of nitrogens with zero attached hydrogens (tertiary/aromatic N) is 1. The van der Waals surface area contributed by atoms with Gasteiger partial charge in [-0.15, -0.1) is 0 Å². The summed E-state index contributed by atoms with van der Waals surface area (Å²) in [7, 11) is 0. The molecule has 0 saturated carbocycles. The van der Waals surface area contributed by atoms with E-state index in [9.17, 15) is 19.3 Å². The van der Waals surface area contributed by atoms with Crippen molar-refractivity contribution in [1.29, 1.82) is 0 Å². The van der Waals surface area contributed by atoms with Crippen LogP contribution in [-0.4, -0.2) is 54.4 Å². The Bertz CT molecular complexity index is 456. The molecule has 0 amide bonds. The van der Waals surface area contributed by atoms with Crippen LogP contribution in [0, 0.1) is 4.91 Å². The van der Waals surface area contributed by atoms with E-state index in [2.05, 4.69) is 5.18 Å². The van der Waals surface area contributed by atoms with Crippen LogP contribution in [0.3, 0.4) is 0 Å². The first-order chi connectivity index (χ1) is 10.3. The highest BCUT2D eigenvalue weighted by Crippen LogP contribution is 2.30. The minimum Gasteiger partial charge on any atom is -0.463 e. The van der Waals surface area contributed by atoms with Gasteiger partial charge in [-0.05, 0) is 0 Å². The number of alkyl halides is 1. The fourth-order valence-electron chi connectivity index (χ4n) is 1.98. The molecular weight excluding hydrogens is 322 g/mol. The Morgan fingerprint density at radius 2 is 1.59 bits per heavy atom. The van der Waals surface area contributed by atoms with Gasteiger partial charge in [-0.3, -0.25) is 14.4 Å². The van der Waals surface area contributed by atoms with Gasteiger partial charge in [-0.25, -0.2) is 0 Å². The lowest BCUT2D eigenvalue weighted by Gasteiger charge is -2.40. The van der Waals surface area contributed by atoms with Gasteiger partial charge in [0.05, 0.1) is 0 Å². The summed E-state index contributed by atoms with van der Waals surface area (Å²) in [6.45, 7) is 3.14. The fraction of sp³-hybridized carbons (Fsp3) is 0.750. The molecule has 22 heavy (non-hydrogen) atoms. The molecule has 1 heterocycles. The number of esters is 3. The third-order valence-electron chi connectivity index (χ3n) is 2.78. The third kappa shape index (κ3) is 4.92. The molecule has 10 heteroatoms. The Morgan fingerprint density at radius 3 is 2.05 bits per heavy atom. The summed E-state index contributed by atoms with van der Waals surface area (Å²) in [6.07, 6.45) is -3.42. The van der Waals surface area contributed by atoms with Gasteiger partial charge in [0.1, 0.15) is 12.7 Å². The Morgan fingerprint density at radius 1 is 1.05 bits per heavy atom. The van der Waals surface area contributed by atoms with Crippen molar-refractivity contribution >= 4 is 29.5 Å². The first kappa shape index (κ1) is 18.3. The van der Waals surface area contributed by atoms with E-state index >= 15 is 0 Å². The summed E-state index contributed by atoms with van der Waals surface area (Å²) in [5.41, 5.74) is -1.23. The minimum atomic E-state index is -1.27. The Hall–Kier alpha value is -1.74. The van der Waals surface area contributed by atoms with Crippen molar-refractivity contribution in [3.8, 4) is 0 Å². The monoisotopic (exact) mass is 337 g/mol. The first-order valence-corrected chi connectivity index (χ1v) is 6.79. The van der Waals surface area contributed by atoms with Gasteiger partial charge >= 0.3 is 17.9 Å². The lowest BCUT2D eigenvalue weighted by Crippen LogP contribution is -2.59. The topological polar surface area (TPSA) is 118 Å². The summed E-state index contributed by atoms with van der Waals surface area (Å²) >= 11 is 5.88. The lowest BCUT2D eigenvalue weighted by molar-refractivity contribution is -0.209. The highest BCUT2D eigenvalue weighted by Gasteiger charge is 2.50. The molecule has 0 aliphatic carbocycles. The lowest BCUT2D eigenvalue weighted by atomic mass is 9.98. The molecule has 1 rings (SSSR count). The number of nitroso groups, excluding NO2 is 1. The van der Waals surface area contributed by atoms with Crippen molar-refractivity contribution < 1.29 is 33.3 Å². The normalized spacial score (nSPS) is 31.0. The summed E-state index contributed by atoms with van der Waals surface area (Å²) < 4.78 is 20.1. The standard InChI is InChI=1S/C12H16ClNO8/c1-5(15)19-4-8-10(20-6(2)16)11(21-7(3)17)9(14-18)12(13)22-8/h8-12H,4H2,1-3H3/t8-,9+,10+,11+,12-/m0/s1. The average Bonchev–Trinajstić information content (AvgIpc) is 2.39. The van der Waals surface area contributed by atoms with E-state index in [-0.39, 0.29) is 6.61 Å². The average molecular weight is 338 g/mol. The number of carbonyl (C=O) groups is 3. The third-order valence-corrected chi connectivity index (χ3v) is 3.14. The SMILES string of the molecule is CC(=O)OC[C@@H]1O[C@H](Cl)[C@H](N=O)[C@@H](OC(C)=O)[C@@H]1OC(C)=O. The molecule has 0 spiro atoms. The maximum Gasteiger partial charge on any atom is 0.303 e. The van der Waals surface area contributed by atoms with Gasteiger partial charge < -0.3 is 18.9 Å². The highest BCUT2D eigenvalue weighted by molar-refractivity contribution is 6.20. The second kappa shape index (κ2) is 8.04. The molecule has 1 aliphatic heterocycles. The van der Waals surface area contributed by atoms with Crippen molar-refractivity contribution in [2.45, 2.75) is 50.7 Å². The van der Waals surface area contributed by atoms with Crippen LogP contribution in [0.4, 0.5) is 0 Å². The van der Waals surface area contributed by atoms with Crippen molar-refractivity contribution in [2.75, 3.05) is 6.61 Å². The Labute approximate surface area is 131 Å². The number of ether oxygens (including phenoxy) is 4. The highest BCUT2D eigenvalue weighted by atomic mass is 35.5. The van der Waals surface area contributed by atoms with E-state index in [0.717, 1.165) is 13.8 Å². The van der Waals surface area contributed by atoms with Crippen LogP contribution < -0.4 is 0 Å². The number of carbonyl (C=O) groups excluding carboxylic acids is 3. The van der Waals surface area contributed by atoms with Crippen LogP contribution in [0.25, 0.3) is 0 Å². The van der Waals surface area contributed by atoms with Crippen molar-refractivity contribution in [2.24, 2.45) is 5.18 Å². The number of rotatable bonds is 5. The largest absolute Gasteiger partial charge is 0.463 e. The summed E-state index contributed by atoms with van der Waals surface area (Å²) in [6, 6.07) is -1.27. The molecule has 0 unspecified atom stereocenters. The van der Waals surface area contributed by atoms with E-state index in [0.29, 0.717) is 0 Å². The fourth-order valence-corrected chi connectivity index (χ4v) is 2.31. The van der Waals surface area contributed by atoms with E-state index in [4.69, 9.17) is 30.5 Å². The van der Waals surface area contributed by atoms with Crippen LogP contribution in [0.1, 0.15) is 20.8 Å². The zero-order chi connectivity index (χ0) is 16.9. The van der Waals surface area contributed by atoms with Gasteiger partial charge in [0, 0.05) is 20.8 Å². The van der Waals surface area contributed by atoms with Gasteiger partial charge in [0.2, 0.25) is 0 Å². The smallest absolute Gasteiger partial charge is 0.303 e. The second-order valence-electron chi connectivity index (χ2n) is 4.57. The first-order valence-electron chi connectivity index (χ1n) is 6.36. The molecule has 1 saturated heterocycles. The number of halogens is 1. The molecule has 9 nitrogen and oxygen atoms in total. The predicted octanol–water partition coefficient (Wildman–Crippen LogP) is 0.512. The van der Waals surface area contributed by atoms with Crippen LogP contribution >= 0.6 is 11.6 Å². The molecule has 0 bridgehead atoms. The van der Waals surface area contributed by atoms with Gasteiger partial charge in [-0.1, -0.05) is 16.8 Å². The van der Waals surface area contributed by atoms with Gasteiger partial charge in [-0.2, -0.15) is 4.91 Å². The Kier molecular flexibility index (Phi) is 6.69. The van der Waals surface area contributed by atoms with Crippen LogP contribution in [0.2, 0.25) is 0 Å². The summed E-state index contributed by atoms with van der Waals surface area (Å²) in [4.78, 5) is 44.3. The molecule has 5 atom stereocenters. The summed E-state index contributed by atoms with van der Waals surface area (Å²) in [5.74, 6) is -2.00. The Balaban J connectivity index is 3.04. The molecule has 124 valence electrons. The predicted molar refractivity (Wildman–Crippen MR) is 71.8 cm³/mol. The van der Waals surface area contributed by atoms with E-state index < -0.39 is 47.8 Å². The van der Waals surface area contributed by atoms with Crippen molar-refractivity contribution in [3.63, 3.8) is 0 Å². The molecule has 0 N–H and O–H groups in total. The van der Waals surface area contributed by atoms with E-state index in [1.165, 1.54) is 6.92 Å². The molecular formula is C12H16ClNO8. The number of hydrogen-bond donors (Lipinski definition) is 0. The minimum absolute atomic E-state index is 0.292. The number of hydrogen-bond acceptors (Lipinski definition) is 9. The zero-order valence-electron chi connectivity index (χ0n) is 12.2. The second-order valence-corrected chi connectivity index (χ2v) is 5.00. The van der Waals surface area contributed by atoms with Gasteiger partial charge in [0.15, 0.2) is 23.8 Å².